The molecule has 2 fully saturated rings. The highest BCUT2D eigenvalue weighted by Crippen LogP contribution is 2.31. The Morgan fingerprint density at radius 3 is 2.58 bits per heavy atom. The maximum atomic E-state index is 12.3. The van der Waals surface area contributed by atoms with Crippen LogP contribution in [0.2, 0.25) is 0 Å². The van der Waals surface area contributed by atoms with E-state index in [1.54, 1.807) is 12.1 Å². The number of nitrogens with one attached hydrogen (secondary N) is 1. The van der Waals surface area contributed by atoms with Gasteiger partial charge in [-0.25, -0.2) is 13.1 Å². The summed E-state index contributed by atoms with van der Waals surface area (Å²) in [6, 6.07) is 7.32. The Morgan fingerprint density at radius 2 is 1.95 bits per heavy atom. The van der Waals surface area contributed by atoms with Gasteiger partial charge in [0.15, 0.2) is 0 Å². The maximum absolute atomic E-state index is 12.3. The van der Waals surface area contributed by atoms with E-state index in [-0.39, 0.29) is 6.04 Å². The molecule has 19 heavy (non-hydrogen) atoms. The van der Waals surface area contributed by atoms with Crippen LogP contribution in [-0.4, -0.2) is 34.1 Å². The van der Waals surface area contributed by atoms with E-state index in [2.05, 4.69) is 9.62 Å². The van der Waals surface area contributed by atoms with Gasteiger partial charge in [0.2, 0.25) is 10.0 Å². The van der Waals surface area contributed by atoms with Crippen LogP contribution in [0.25, 0.3) is 0 Å². The highest BCUT2D eigenvalue weighted by molar-refractivity contribution is 7.89. The van der Waals surface area contributed by atoms with Crippen LogP contribution in [0.1, 0.15) is 12.8 Å². The van der Waals surface area contributed by atoms with Crippen LogP contribution in [0, 0.1) is 5.92 Å². The van der Waals surface area contributed by atoms with Gasteiger partial charge in [-0.05, 0) is 31.5 Å². The lowest BCUT2D eigenvalue weighted by Crippen LogP contribution is -2.50. The van der Waals surface area contributed by atoms with Gasteiger partial charge in [-0.1, -0.05) is 12.1 Å². The Hall–Kier alpha value is -1.11. The number of sulfonamides is 1. The zero-order valence-electron chi connectivity index (χ0n) is 10.7. The van der Waals surface area contributed by atoms with Crippen molar-refractivity contribution in [3.63, 3.8) is 0 Å². The molecule has 1 saturated carbocycles. The van der Waals surface area contributed by atoms with Gasteiger partial charge in [-0.2, -0.15) is 0 Å². The van der Waals surface area contributed by atoms with Gasteiger partial charge in [-0.3, -0.25) is 0 Å². The van der Waals surface area contributed by atoms with Gasteiger partial charge in [0.25, 0.3) is 0 Å². The molecule has 3 rings (SSSR count). The van der Waals surface area contributed by atoms with Gasteiger partial charge in [-0.15, -0.1) is 0 Å². The number of rotatable bonds is 5. The SMILES string of the molecule is NCC1CN(c2ccccc2S(=O)(=O)NC2CC2)C1. The number of para-hydroxylation sites is 1. The van der Waals surface area contributed by atoms with Gasteiger partial charge in [0, 0.05) is 25.0 Å². The minimum absolute atomic E-state index is 0.131. The van der Waals surface area contributed by atoms with E-state index in [1.807, 2.05) is 12.1 Å². The van der Waals surface area contributed by atoms with Crippen molar-refractivity contribution in [2.24, 2.45) is 11.7 Å². The second-order valence-corrected chi connectivity index (χ2v) is 7.05. The molecule has 1 heterocycles. The molecular weight excluding hydrogens is 262 g/mol. The lowest BCUT2D eigenvalue weighted by atomic mass is 10.00. The summed E-state index contributed by atoms with van der Waals surface area (Å²) in [7, 11) is -3.40. The van der Waals surface area contributed by atoms with E-state index >= 15 is 0 Å². The average molecular weight is 281 g/mol. The summed E-state index contributed by atoms with van der Waals surface area (Å²) in [6.07, 6.45) is 1.89. The van der Waals surface area contributed by atoms with Crippen molar-refractivity contribution in [1.29, 1.82) is 0 Å². The van der Waals surface area contributed by atoms with Crippen molar-refractivity contribution < 1.29 is 8.42 Å². The van der Waals surface area contributed by atoms with E-state index in [0.717, 1.165) is 31.6 Å². The molecule has 0 radical (unpaired) electrons. The molecule has 3 N–H and O–H groups in total. The van der Waals surface area contributed by atoms with Crippen LogP contribution < -0.4 is 15.4 Å². The van der Waals surface area contributed by atoms with Crippen LogP contribution in [0.15, 0.2) is 29.2 Å². The first-order valence-electron chi connectivity index (χ1n) is 6.66. The van der Waals surface area contributed by atoms with E-state index in [4.69, 9.17) is 5.73 Å². The highest BCUT2D eigenvalue weighted by Gasteiger charge is 2.33. The van der Waals surface area contributed by atoms with Crippen LogP contribution >= 0.6 is 0 Å². The molecule has 1 aromatic rings. The molecule has 2 aliphatic rings. The predicted molar refractivity (Wildman–Crippen MR) is 74.5 cm³/mol. The molecule has 6 heteroatoms. The molecule has 0 amide bonds. The van der Waals surface area contributed by atoms with Gasteiger partial charge in [0.1, 0.15) is 4.90 Å². The monoisotopic (exact) mass is 281 g/mol. The molecule has 1 aliphatic heterocycles. The minimum Gasteiger partial charge on any atom is -0.370 e. The summed E-state index contributed by atoms with van der Waals surface area (Å²) in [5.41, 5.74) is 6.41. The van der Waals surface area contributed by atoms with Crippen LogP contribution in [-0.2, 0) is 10.0 Å². The molecule has 1 saturated heterocycles. The quantitative estimate of drug-likeness (QED) is 0.825. The van der Waals surface area contributed by atoms with Crippen molar-refractivity contribution in [3.8, 4) is 0 Å². The minimum atomic E-state index is -3.40. The van der Waals surface area contributed by atoms with Crippen molar-refractivity contribution in [3.05, 3.63) is 24.3 Å². The second kappa shape index (κ2) is 4.77. The Kier molecular flexibility index (Phi) is 3.24. The van der Waals surface area contributed by atoms with Crippen molar-refractivity contribution in [1.82, 2.24) is 4.72 Å². The second-order valence-electron chi connectivity index (χ2n) is 5.37. The highest BCUT2D eigenvalue weighted by atomic mass is 32.2. The summed E-state index contributed by atoms with van der Waals surface area (Å²) in [5, 5.41) is 0. The summed E-state index contributed by atoms with van der Waals surface area (Å²) >= 11 is 0. The molecule has 0 atom stereocenters. The first kappa shape index (κ1) is 12.9. The number of benzene rings is 1. The fourth-order valence-electron chi connectivity index (χ4n) is 2.35. The molecule has 0 aromatic heterocycles. The Labute approximate surface area is 113 Å². The zero-order chi connectivity index (χ0) is 13.5. The smallest absolute Gasteiger partial charge is 0.242 e. The van der Waals surface area contributed by atoms with Gasteiger partial charge >= 0.3 is 0 Å². The third-order valence-electron chi connectivity index (χ3n) is 3.69. The third-order valence-corrected chi connectivity index (χ3v) is 5.25. The third kappa shape index (κ3) is 2.61. The summed E-state index contributed by atoms with van der Waals surface area (Å²) in [5.74, 6) is 0.479. The fourth-order valence-corrected chi connectivity index (χ4v) is 3.88. The molecule has 0 bridgehead atoms. The first-order valence-corrected chi connectivity index (χ1v) is 8.15. The largest absolute Gasteiger partial charge is 0.370 e. The Bertz CT molecular complexity index is 563. The Morgan fingerprint density at radius 1 is 1.26 bits per heavy atom. The van der Waals surface area contributed by atoms with Crippen molar-refractivity contribution in [2.75, 3.05) is 24.5 Å². The van der Waals surface area contributed by atoms with Crippen molar-refractivity contribution >= 4 is 15.7 Å². The molecule has 0 unspecified atom stereocenters. The zero-order valence-corrected chi connectivity index (χ0v) is 11.6. The fraction of sp³-hybridized carbons (Fsp3) is 0.538. The summed E-state index contributed by atoms with van der Waals surface area (Å²) in [4.78, 5) is 2.47. The lowest BCUT2D eigenvalue weighted by molar-refractivity contribution is 0.418. The Balaban J connectivity index is 1.85. The van der Waals surface area contributed by atoms with Crippen LogP contribution in [0.5, 0.6) is 0 Å². The first-order chi connectivity index (χ1) is 9.10. The molecule has 5 nitrogen and oxygen atoms in total. The number of nitrogens with two attached hydrogens (primary N) is 1. The maximum Gasteiger partial charge on any atom is 0.242 e. The molecule has 1 aliphatic carbocycles. The number of anilines is 1. The van der Waals surface area contributed by atoms with Crippen LogP contribution in [0.4, 0.5) is 5.69 Å². The van der Waals surface area contributed by atoms with E-state index in [0.29, 0.717) is 17.4 Å². The topological polar surface area (TPSA) is 75.4 Å². The number of nitrogens with zero attached hydrogens (tertiary/aromatic N) is 1. The molecular formula is C13H19N3O2S. The van der Waals surface area contributed by atoms with Crippen molar-refractivity contribution in [2.45, 2.75) is 23.8 Å². The van der Waals surface area contributed by atoms with Crippen LogP contribution in [0.3, 0.4) is 0 Å². The van der Waals surface area contributed by atoms with E-state index < -0.39 is 10.0 Å². The van der Waals surface area contributed by atoms with Gasteiger partial charge in [0.05, 0.1) is 5.69 Å². The van der Waals surface area contributed by atoms with E-state index in [1.165, 1.54) is 0 Å². The van der Waals surface area contributed by atoms with E-state index in [9.17, 15) is 8.42 Å². The normalized spacial score (nSPS) is 20.4. The van der Waals surface area contributed by atoms with Gasteiger partial charge < -0.3 is 10.6 Å². The standard InChI is InChI=1S/C13H19N3O2S/c14-7-10-8-16(9-10)12-3-1-2-4-13(12)19(17,18)15-11-5-6-11/h1-4,10-11,15H,5-9,14H2. The summed E-state index contributed by atoms with van der Waals surface area (Å²) < 4.78 is 27.4. The number of hydrogen-bond acceptors (Lipinski definition) is 4. The predicted octanol–water partition coefficient (Wildman–Crippen LogP) is 0.522. The average Bonchev–Trinajstić information content (AvgIpc) is 3.11. The molecule has 104 valence electrons. The summed E-state index contributed by atoms with van der Waals surface area (Å²) in [6.45, 7) is 2.34. The lowest BCUT2D eigenvalue weighted by Gasteiger charge is -2.41. The molecule has 0 spiro atoms. The number of hydrogen-bond donors (Lipinski definition) is 2. The molecule has 1 aromatic carbocycles.